The van der Waals surface area contributed by atoms with Crippen molar-refractivity contribution in [3.05, 3.63) is 38.9 Å². The summed E-state index contributed by atoms with van der Waals surface area (Å²) in [5, 5.41) is 12.1. The summed E-state index contributed by atoms with van der Waals surface area (Å²) in [7, 11) is 0. The van der Waals surface area contributed by atoms with Gasteiger partial charge in [0.25, 0.3) is 0 Å². The Balaban J connectivity index is 2.03. The molecule has 2 heterocycles. The first-order valence-electron chi connectivity index (χ1n) is 10.7. The van der Waals surface area contributed by atoms with Crippen LogP contribution in [0.4, 0.5) is 23.2 Å². The maximum atomic E-state index is 15.6. The predicted octanol–water partition coefficient (Wildman–Crippen LogP) is 3.94. The molecule has 2 aromatic rings. The summed E-state index contributed by atoms with van der Waals surface area (Å²) in [4.78, 5) is 25.9. The number of carboxylic acids is 1. The number of fused-ring (bicyclic) bond motifs is 1. The van der Waals surface area contributed by atoms with Crippen LogP contribution in [-0.2, 0) is 6.18 Å². The van der Waals surface area contributed by atoms with E-state index in [1.807, 2.05) is 6.92 Å². The van der Waals surface area contributed by atoms with Crippen LogP contribution >= 0.6 is 0 Å². The molecule has 0 radical (unpaired) electrons. The molecule has 1 unspecified atom stereocenters. The van der Waals surface area contributed by atoms with Gasteiger partial charge in [-0.3, -0.25) is 4.79 Å². The Morgan fingerprint density at radius 1 is 1.28 bits per heavy atom. The maximum Gasteiger partial charge on any atom is 0.420 e. The largest absolute Gasteiger partial charge is 0.477 e. The van der Waals surface area contributed by atoms with Crippen LogP contribution in [0.1, 0.15) is 53.7 Å². The third-order valence-corrected chi connectivity index (χ3v) is 6.36. The van der Waals surface area contributed by atoms with E-state index >= 15 is 4.39 Å². The molecule has 6 nitrogen and oxygen atoms in total. The van der Waals surface area contributed by atoms with Crippen LogP contribution in [0.5, 0.6) is 0 Å². The second kappa shape index (κ2) is 8.06. The number of carboxylic acid groups (broad SMARTS) is 1. The van der Waals surface area contributed by atoms with Crippen molar-refractivity contribution in [3.63, 3.8) is 0 Å². The summed E-state index contributed by atoms with van der Waals surface area (Å²) in [5.41, 5.74) is -4.15. The summed E-state index contributed by atoms with van der Waals surface area (Å²) in [6.45, 7) is 5.06. The number of hydrogen-bond acceptors (Lipinski definition) is 4. The lowest BCUT2D eigenvalue weighted by Gasteiger charge is -2.28. The standard InChI is InChI=1S/C22H25F4N3O3/c1-3-27-8-12-6-7-28(9-12)19-16(22(24,25)26)18-15(11(2)17(19)23)20(30)14(21(31)32)10-29(18)13-4-5-13/h10,12-13,27H,3-9H2,1-2H3,(H,31,32). The van der Waals surface area contributed by atoms with E-state index in [0.29, 0.717) is 25.8 Å². The lowest BCUT2D eigenvalue weighted by molar-refractivity contribution is -0.136. The number of rotatable bonds is 6. The normalized spacial score (nSPS) is 19.2. The van der Waals surface area contributed by atoms with Crippen LogP contribution < -0.4 is 15.6 Å². The van der Waals surface area contributed by atoms with E-state index < -0.39 is 51.1 Å². The van der Waals surface area contributed by atoms with Crippen LogP contribution in [0.15, 0.2) is 11.0 Å². The van der Waals surface area contributed by atoms with Gasteiger partial charge in [0.1, 0.15) is 11.1 Å². The summed E-state index contributed by atoms with van der Waals surface area (Å²) in [6.07, 6.45) is -2.20. The second-order valence-corrected chi connectivity index (χ2v) is 8.61. The van der Waals surface area contributed by atoms with Crippen molar-refractivity contribution >= 4 is 22.6 Å². The molecule has 2 N–H and O–H groups in total. The van der Waals surface area contributed by atoms with Gasteiger partial charge in [0.15, 0.2) is 5.82 Å². The van der Waals surface area contributed by atoms with E-state index in [9.17, 15) is 27.9 Å². The first-order chi connectivity index (χ1) is 15.1. The van der Waals surface area contributed by atoms with Gasteiger partial charge in [-0.1, -0.05) is 6.92 Å². The van der Waals surface area contributed by atoms with Gasteiger partial charge in [-0.2, -0.15) is 13.2 Å². The Hall–Kier alpha value is -2.62. The average Bonchev–Trinajstić information content (AvgIpc) is 3.45. The molecule has 0 bridgehead atoms. The van der Waals surface area contributed by atoms with E-state index in [0.717, 1.165) is 12.7 Å². The molecular weight excluding hydrogens is 430 g/mol. The van der Waals surface area contributed by atoms with Crippen molar-refractivity contribution in [3.8, 4) is 0 Å². The topological polar surface area (TPSA) is 74.6 Å². The molecule has 1 aromatic carbocycles. The number of aromatic carboxylic acids is 1. The molecule has 4 rings (SSSR count). The summed E-state index contributed by atoms with van der Waals surface area (Å²) < 4.78 is 60.2. The van der Waals surface area contributed by atoms with Crippen molar-refractivity contribution in [2.45, 2.75) is 45.3 Å². The number of aromatic nitrogens is 1. The first kappa shape index (κ1) is 22.6. The van der Waals surface area contributed by atoms with Gasteiger partial charge in [0.05, 0.1) is 16.6 Å². The van der Waals surface area contributed by atoms with E-state index in [2.05, 4.69) is 5.32 Å². The molecule has 1 saturated carbocycles. The van der Waals surface area contributed by atoms with Crippen LogP contribution in [0.3, 0.4) is 0 Å². The first-order valence-corrected chi connectivity index (χ1v) is 10.7. The predicted molar refractivity (Wildman–Crippen MR) is 112 cm³/mol. The lowest BCUT2D eigenvalue weighted by Crippen LogP contribution is -2.30. The second-order valence-electron chi connectivity index (χ2n) is 8.61. The Kier molecular flexibility index (Phi) is 5.68. The molecule has 1 atom stereocenters. The fourth-order valence-corrected chi connectivity index (χ4v) is 4.65. The SMILES string of the molecule is CCNCC1CCN(c2c(F)c(C)c3c(=O)c(C(=O)O)cn(C4CC4)c3c2C(F)(F)F)C1. The van der Waals surface area contributed by atoms with Gasteiger partial charge < -0.3 is 19.9 Å². The van der Waals surface area contributed by atoms with E-state index in [4.69, 9.17) is 0 Å². The van der Waals surface area contributed by atoms with Crippen molar-refractivity contribution < 1.29 is 27.5 Å². The molecule has 174 valence electrons. The Bertz CT molecular complexity index is 1140. The third-order valence-electron chi connectivity index (χ3n) is 6.36. The molecule has 10 heteroatoms. The Morgan fingerprint density at radius 2 is 1.97 bits per heavy atom. The number of hydrogen-bond donors (Lipinski definition) is 2. The molecule has 1 aromatic heterocycles. The minimum atomic E-state index is -4.93. The monoisotopic (exact) mass is 455 g/mol. The average molecular weight is 455 g/mol. The molecule has 1 aliphatic heterocycles. The van der Waals surface area contributed by atoms with Crippen molar-refractivity contribution in [1.29, 1.82) is 0 Å². The van der Waals surface area contributed by atoms with E-state index in [1.54, 1.807) is 0 Å². The Morgan fingerprint density at radius 3 is 2.53 bits per heavy atom. The zero-order valence-electron chi connectivity index (χ0n) is 17.9. The number of pyridine rings is 1. The fourth-order valence-electron chi connectivity index (χ4n) is 4.65. The summed E-state index contributed by atoms with van der Waals surface area (Å²) in [6, 6.07) is -0.352. The van der Waals surface area contributed by atoms with Gasteiger partial charge in [0.2, 0.25) is 5.43 Å². The number of nitrogens with zero attached hydrogens (tertiary/aromatic N) is 2. The lowest BCUT2D eigenvalue weighted by atomic mass is 9.97. The number of nitrogens with one attached hydrogen (secondary N) is 1. The van der Waals surface area contributed by atoms with Gasteiger partial charge >= 0.3 is 12.1 Å². The number of benzene rings is 1. The quantitative estimate of drug-likeness (QED) is 0.646. The molecular formula is C22H25F4N3O3. The summed E-state index contributed by atoms with van der Waals surface area (Å²) in [5.74, 6) is -2.59. The third kappa shape index (κ3) is 3.74. The van der Waals surface area contributed by atoms with Crippen LogP contribution in [0, 0.1) is 18.7 Å². The molecule has 2 fully saturated rings. The van der Waals surface area contributed by atoms with Gasteiger partial charge in [-0.25, -0.2) is 9.18 Å². The van der Waals surface area contributed by atoms with E-state index in [-0.39, 0.29) is 30.6 Å². The number of aryl methyl sites for hydroxylation is 1. The molecule has 2 aliphatic rings. The number of alkyl halides is 3. The molecule has 0 amide bonds. The zero-order valence-corrected chi connectivity index (χ0v) is 17.9. The number of halogens is 4. The highest BCUT2D eigenvalue weighted by Gasteiger charge is 2.44. The van der Waals surface area contributed by atoms with Crippen LogP contribution in [0.25, 0.3) is 10.9 Å². The van der Waals surface area contributed by atoms with Gasteiger partial charge in [-0.15, -0.1) is 0 Å². The van der Waals surface area contributed by atoms with E-state index in [1.165, 1.54) is 16.4 Å². The minimum Gasteiger partial charge on any atom is -0.477 e. The smallest absolute Gasteiger partial charge is 0.420 e. The number of carbonyl (C=O) groups is 1. The molecule has 32 heavy (non-hydrogen) atoms. The molecule has 1 saturated heterocycles. The zero-order chi connectivity index (χ0) is 23.4. The van der Waals surface area contributed by atoms with Crippen molar-refractivity contribution in [1.82, 2.24) is 9.88 Å². The highest BCUT2D eigenvalue weighted by atomic mass is 19.4. The van der Waals surface area contributed by atoms with Gasteiger partial charge in [0, 0.05) is 30.9 Å². The van der Waals surface area contributed by atoms with Crippen LogP contribution in [-0.4, -0.2) is 41.8 Å². The minimum absolute atomic E-state index is 0.0754. The van der Waals surface area contributed by atoms with Crippen LogP contribution in [0.2, 0.25) is 0 Å². The molecule has 1 aliphatic carbocycles. The maximum absolute atomic E-state index is 15.6. The fraction of sp³-hybridized carbons (Fsp3) is 0.545. The summed E-state index contributed by atoms with van der Waals surface area (Å²) >= 11 is 0. The highest BCUT2D eigenvalue weighted by molar-refractivity contribution is 5.97. The Labute approximate surface area is 181 Å². The number of anilines is 1. The van der Waals surface area contributed by atoms with Gasteiger partial charge in [-0.05, 0) is 45.2 Å². The molecule has 0 spiro atoms. The van der Waals surface area contributed by atoms with Crippen molar-refractivity contribution in [2.24, 2.45) is 5.92 Å². The van der Waals surface area contributed by atoms with Crippen molar-refractivity contribution in [2.75, 3.05) is 31.1 Å². The highest BCUT2D eigenvalue weighted by Crippen LogP contribution is 2.47.